The summed E-state index contributed by atoms with van der Waals surface area (Å²) in [5.41, 5.74) is 1.45. The van der Waals surface area contributed by atoms with Gasteiger partial charge in [0.05, 0.1) is 38.1 Å². The van der Waals surface area contributed by atoms with E-state index in [1.54, 1.807) is 0 Å². The molecule has 17 heteroatoms. The second-order valence-corrected chi connectivity index (χ2v) is 21.1. The summed E-state index contributed by atoms with van der Waals surface area (Å²) in [5.74, 6) is 2.51. The van der Waals surface area contributed by atoms with Crippen LogP contribution in [0.1, 0.15) is 92.4 Å². The van der Waals surface area contributed by atoms with Crippen molar-refractivity contribution in [3.63, 3.8) is 0 Å². The number of rotatable bonds is 8. The van der Waals surface area contributed by atoms with Crippen molar-refractivity contribution in [3.05, 3.63) is 11.6 Å². The predicted octanol–water partition coefficient (Wildman–Crippen LogP) is 0.214. The Bertz CT molecular complexity index is 1610. The third-order valence-electron chi connectivity index (χ3n) is 17.7. The zero-order valence-corrected chi connectivity index (χ0v) is 36.6. The minimum absolute atomic E-state index is 0.0518. The van der Waals surface area contributed by atoms with E-state index in [0.29, 0.717) is 48.3 Å². The standard InChI is InChI=1S/C45H72O17/c1-19-8-13-45(55-18-19)20(2)30-27(62-45)15-26-24-7-6-22-14-23(9-11-43(22,4)25(24)10-12-44(26,30)5)57-42-39(61-41-37(54)35(52)32(49)28(16-46)58-41)38(33(50)29(17-47)59-42)60-40-36(53)34(51)31(48)21(3)56-40/h6,19-21,23-42,46-54H,7-18H2,1-5H3/t19-,20+,21+,23+,24-,25+,26+,27+,28-,29-,30+,31+,32-,33-,34-,35+,36-,37-,38+,39-,40+,41+,42-,43+,44+,45-/m1/s1. The Hall–Kier alpha value is -0.940. The van der Waals surface area contributed by atoms with E-state index in [-0.39, 0.29) is 16.9 Å². The highest BCUT2D eigenvalue weighted by Crippen LogP contribution is 2.70. The smallest absolute Gasteiger partial charge is 0.187 e. The van der Waals surface area contributed by atoms with Crippen molar-refractivity contribution in [2.45, 2.75) is 203 Å². The molecule has 26 atom stereocenters. The molecular weight excluding hydrogens is 812 g/mol. The number of hydrogen-bond acceptors (Lipinski definition) is 17. The van der Waals surface area contributed by atoms with Crippen molar-refractivity contribution in [1.82, 2.24) is 0 Å². The summed E-state index contributed by atoms with van der Waals surface area (Å²) in [6, 6.07) is 0. The Labute approximate surface area is 363 Å². The highest BCUT2D eigenvalue weighted by atomic mass is 16.8. The molecule has 4 aliphatic carbocycles. The fourth-order valence-corrected chi connectivity index (χ4v) is 14.0. The predicted molar refractivity (Wildman–Crippen MR) is 214 cm³/mol. The summed E-state index contributed by atoms with van der Waals surface area (Å²) >= 11 is 0. The van der Waals surface area contributed by atoms with Crippen LogP contribution in [0, 0.1) is 46.3 Å². The normalized spacial score (nSPS) is 57.6. The van der Waals surface area contributed by atoms with Gasteiger partial charge < -0.3 is 83.9 Å². The third kappa shape index (κ3) is 7.49. The molecule has 0 unspecified atom stereocenters. The lowest BCUT2D eigenvalue weighted by Crippen LogP contribution is -2.67. The van der Waals surface area contributed by atoms with Crippen molar-refractivity contribution < 1.29 is 83.9 Å². The first-order chi connectivity index (χ1) is 29.4. The number of ether oxygens (including phenoxy) is 8. The molecule has 354 valence electrons. The van der Waals surface area contributed by atoms with Crippen LogP contribution < -0.4 is 0 Å². The number of fused-ring (bicyclic) bond motifs is 7. The second kappa shape index (κ2) is 17.3. The van der Waals surface area contributed by atoms with Crippen molar-refractivity contribution in [2.75, 3.05) is 19.8 Å². The van der Waals surface area contributed by atoms with Crippen LogP contribution in [0.25, 0.3) is 0 Å². The van der Waals surface area contributed by atoms with Crippen LogP contribution >= 0.6 is 0 Å². The van der Waals surface area contributed by atoms with Gasteiger partial charge in [0.2, 0.25) is 0 Å². The van der Waals surface area contributed by atoms with Crippen LogP contribution in [0.15, 0.2) is 11.6 Å². The molecule has 9 N–H and O–H groups in total. The van der Waals surface area contributed by atoms with Crippen LogP contribution in [0.3, 0.4) is 0 Å². The molecule has 1 spiro atoms. The maximum Gasteiger partial charge on any atom is 0.187 e. The lowest BCUT2D eigenvalue weighted by atomic mass is 9.47. The zero-order valence-electron chi connectivity index (χ0n) is 36.6. The summed E-state index contributed by atoms with van der Waals surface area (Å²) < 4.78 is 50.3. The molecule has 5 aliphatic heterocycles. The maximum atomic E-state index is 11.6. The number of aliphatic hydroxyl groups is 9. The monoisotopic (exact) mass is 884 g/mol. The van der Waals surface area contributed by atoms with E-state index in [9.17, 15) is 46.0 Å². The van der Waals surface area contributed by atoms with E-state index in [2.05, 4.69) is 33.8 Å². The summed E-state index contributed by atoms with van der Waals surface area (Å²) in [6.45, 7) is 10.4. The van der Waals surface area contributed by atoms with Gasteiger partial charge in [0.15, 0.2) is 24.7 Å². The fourth-order valence-electron chi connectivity index (χ4n) is 14.0. The Morgan fingerprint density at radius 2 is 1.34 bits per heavy atom. The fraction of sp³-hybridized carbons (Fsp3) is 0.956. The van der Waals surface area contributed by atoms with Crippen molar-refractivity contribution in [2.24, 2.45) is 46.3 Å². The molecular formula is C45H72O17. The summed E-state index contributed by atoms with van der Waals surface area (Å²) in [4.78, 5) is 0. The summed E-state index contributed by atoms with van der Waals surface area (Å²) in [7, 11) is 0. The van der Waals surface area contributed by atoms with Crippen molar-refractivity contribution >= 4 is 0 Å². The lowest BCUT2D eigenvalue weighted by molar-refractivity contribution is -0.394. The first-order valence-electron chi connectivity index (χ1n) is 23.4. The van der Waals surface area contributed by atoms with E-state index in [1.165, 1.54) is 12.5 Å². The summed E-state index contributed by atoms with van der Waals surface area (Å²) in [5, 5.41) is 95.8. The van der Waals surface area contributed by atoms with E-state index in [4.69, 9.17) is 37.9 Å². The zero-order chi connectivity index (χ0) is 44.2. The van der Waals surface area contributed by atoms with Crippen molar-refractivity contribution in [1.29, 1.82) is 0 Å². The van der Waals surface area contributed by atoms with E-state index >= 15 is 0 Å². The number of aliphatic hydroxyl groups excluding tert-OH is 9. The van der Waals surface area contributed by atoms with Crippen LogP contribution in [0.2, 0.25) is 0 Å². The molecule has 5 saturated heterocycles. The minimum atomic E-state index is -1.83. The highest BCUT2D eigenvalue weighted by molar-refractivity contribution is 5.26. The van der Waals surface area contributed by atoms with Gasteiger partial charge in [0.25, 0.3) is 0 Å². The van der Waals surface area contributed by atoms with Crippen LogP contribution in [-0.4, -0.2) is 176 Å². The van der Waals surface area contributed by atoms with Gasteiger partial charge in [-0.1, -0.05) is 39.3 Å². The van der Waals surface area contributed by atoms with Gasteiger partial charge in [-0.3, -0.25) is 0 Å². The largest absolute Gasteiger partial charge is 0.394 e. The molecule has 62 heavy (non-hydrogen) atoms. The van der Waals surface area contributed by atoms with E-state index in [1.807, 2.05) is 0 Å². The lowest BCUT2D eigenvalue weighted by Gasteiger charge is -2.59. The molecule has 0 bridgehead atoms. The molecule has 0 aromatic heterocycles. The second-order valence-electron chi connectivity index (χ2n) is 21.1. The quantitative estimate of drug-likeness (QED) is 0.148. The van der Waals surface area contributed by atoms with Gasteiger partial charge in [0.1, 0.15) is 67.1 Å². The average molecular weight is 885 g/mol. The molecule has 0 aromatic carbocycles. The van der Waals surface area contributed by atoms with Gasteiger partial charge in [-0.05, 0) is 98.7 Å². The Morgan fingerprint density at radius 3 is 2.03 bits per heavy atom. The SMILES string of the molecule is C[C@@H]1CC[C@@]2(OC1)O[C@H]1C[C@H]3[C@@H]4CC=C5C[C@@H](O[C@@H]6O[C@H](CO)[C@@H](O)[C@H](O[C@@H]7O[C@@H](C)[C@H](O)[C@@H](O)[C@H]7O)[C@H]6O[C@@H]6O[C@H](CO)[C@@H](O)[C@H](O)[C@H]6O)CC[C@]5(C)[C@H]4CC[C@]3(C)[C@H]1[C@@H]2C. The van der Waals surface area contributed by atoms with Gasteiger partial charge in [-0.25, -0.2) is 0 Å². The molecule has 0 radical (unpaired) electrons. The minimum Gasteiger partial charge on any atom is -0.394 e. The molecule has 3 saturated carbocycles. The van der Waals surface area contributed by atoms with Gasteiger partial charge in [0, 0.05) is 12.3 Å². The van der Waals surface area contributed by atoms with Crippen LogP contribution in [0.5, 0.6) is 0 Å². The van der Waals surface area contributed by atoms with Gasteiger partial charge >= 0.3 is 0 Å². The number of allylic oxidation sites excluding steroid dienone is 1. The van der Waals surface area contributed by atoms with E-state index in [0.717, 1.165) is 51.6 Å². The molecule has 8 fully saturated rings. The van der Waals surface area contributed by atoms with Crippen molar-refractivity contribution in [3.8, 4) is 0 Å². The average Bonchev–Trinajstić information content (AvgIpc) is 3.70. The molecule has 17 nitrogen and oxygen atoms in total. The first-order valence-corrected chi connectivity index (χ1v) is 23.4. The van der Waals surface area contributed by atoms with Crippen LogP contribution in [0.4, 0.5) is 0 Å². The Kier molecular flexibility index (Phi) is 12.9. The highest BCUT2D eigenvalue weighted by Gasteiger charge is 2.69. The Balaban J connectivity index is 0.941. The Morgan fingerprint density at radius 1 is 0.677 bits per heavy atom. The first kappa shape index (κ1) is 46.2. The molecule has 5 heterocycles. The van der Waals surface area contributed by atoms with Crippen LogP contribution in [-0.2, 0) is 37.9 Å². The molecule has 9 aliphatic rings. The van der Waals surface area contributed by atoms with E-state index < -0.39 is 117 Å². The molecule has 0 amide bonds. The van der Waals surface area contributed by atoms with Gasteiger partial charge in [-0.15, -0.1) is 0 Å². The van der Waals surface area contributed by atoms with Gasteiger partial charge in [-0.2, -0.15) is 0 Å². The number of hydrogen-bond donors (Lipinski definition) is 9. The topological polar surface area (TPSA) is 256 Å². The molecule has 9 rings (SSSR count). The summed E-state index contributed by atoms with van der Waals surface area (Å²) in [6.07, 6.45) is -12.4. The molecule has 0 aromatic rings. The third-order valence-corrected chi connectivity index (χ3v) is 17.7. The maximum absolute atomic E-state index is 11.6.